The van der Waals surface area contributed by atoms with E-state index in [1.807, 2.05) is 6.92 Å². The van der Waals surface area contributed by atoms with Gasteiger partial charge in [-0.25, -0.2) is 4.98 Å². The molecule has 1 aromatic rings. The van der Waals surface area contributed by atoms with Crippen LogP contribution < -0.4 is 5.73 Å². The number of nitrogens with two attached hydrogens (primary N) is 1. The maximum Gasteiger partial charge on any atom is 0.0897 e. The highest BCUT2D eigenvalue weighted by Gasteiger charge is 2.06. The average molecular weight is 252 g/mol. The Balaban J connectivity index is 0.00000196. The van der Waals surface area contributed by atoms with Crippen LogP contribution in [-0.2, 0) is 6.54 Å². The van der Waals surface area contributed by atoms with Gasteiger partial charge in [-0.05, 0) is 6.92 Å². The van der Waals surface area contributed by atoms with Crippen LogP contribution in [0.5, 0.6) is 0 Å². The standard InChI is InChI=1S/C9H17N3OS.ClH/c1-8-11-9(7-14-8)6-12(3-2-10)4-5-13;/h7,13H,2-6,10H2,1H3;1H. The molecule has 3 N–H and O–H groups in total. The van der Waals surface area contributed by atoms with Crippen LogP contribution in [0, 0.1) is 6.92 Å². The molecule has 15 heavy (non-hydrogen) atoms. The minimum atomic E-state index is 0. The summed E-state index contributed by atoms with van der Waals surface area (Å²) in [5.74, 6) is 0. The molecule has 88 valence electrons. The summed E-state index contributed by atoms with van der Waals surface area (Å²) in [5.41, 5.74) is 6.54. The molecule has 1 rings (SSSR count). The third-order valence-corrected chi connectivity index (χ3v) is 2.74. The molecule has 1 aromatic heterocycles. The van der Waals surface area contributed by atoms with Crippen molar-refractivity contribution in [1.82, 2.24) is 9.88 Å². The summed E-state index contributed by atoms with van der Waals surface area (Å²) < 4.78 is 0. The number of aliphatic hydroxyl groups is 1. The SMILES string of the molecule is Cc1nc(CN(CCN)CCO)cs1.Cl. The highest BCUT2D eigenvalue weighted by Crippen LogP contribution is 2.09. The monoisotopic (exact) mass is 251 g/mol. The summed E-state index contributed by atoms with van der Waals surface area (Å²) in [6.45, 7) is 5.02. The molecule has 0 bridgehead atoms. The van der Waals surface area contributed by atoms with Crippen molar-refractivity contribution in [3.8, 4) is 0 Å². The molecule has 0 aliphatic heterocycles. The van der Waals surface area contributed by atoms with E-state index in [-0.39, 0.29) is 19.0 Å². The van der Waals surface area contributed by atoms with E-state index in [0.29, 0.717) is 13.1 Å². The predicted octanol–water partition coefficient (Wildman–Crippen LogP) is 0.626. The van der Waals surface area contributed by atoms with Gasteiger partial charge in [0.05, 0.1) is 17.3 Å². The Morgan fingerprint density at radius 3 is 2.73 bits per heavy atom. The van der Waals surface area contributed by atoms with Gasteiger partial charge in [0, 0.05) is 31.6 Å². The average Bonchev–Trinajstić information content (AvgIpc) is 2.52. The Labute approximate surface area is 101 Å². The fraction of sp³-hybridized carbons (Fsp3) is 0.667. The van der Waals surface area contributed by atoms with Crippen molar-refractivity contribution in [3.05, 3.63) is 16.1 Å². The van der Waals surface area contributed by atoms with Crippen molar-refractivity contribution in [2.24, 2.45) is 5.73 Å². The van der Waals surface area contributed by atoms with Gasteiger partial charge in [0.2, 0.25) is 0 Å². The van der Waals surface area contributed by atoms with Gasteiger partial charge in [-0.15, -0.1) is 23.7 Å². The fourth-order valence-corrected chi connectivity index (χ4v) is 1.91. The summed E-state index contributed by atoms with van der Waals surface area (Å²) in [6, 6.07) is 0. The smallest absolute Gasteiger partial charge is 0.0897 e. The largest absolute Gasteiger partial charge is 0.395 e. The molecule has 0 spiro atoms. The van der Waals surface area contributed by atoms with Crippen LogP contribution in [0.1, 0.15) is 10.7 Å². The first-order valence-electron chi connectivity index (χ1n) is 4.70. The zero-order valence-corrected chi connectivity index (χ0v) is 10.5. The van der Waals surface area contributed by atoms with Crippen LogP contribution in [-0.4, -0.2) is 41.2 Å². The van der Waals surface area contributed by atoms with E-state index in [1.54, 1.807) is 11.3 Å². The van der Waals surface area contributed by atoms with E-state index in [0.717, 1.165) is 23.8 Å². The van der Waals surface area contributed by atoms with E-state index in [1.165, 1.54) is 0 Å². The predicted molar refractivity (Wildman–Crippen MR) is 65.5 cm³/mol. The Bertz CT molecular complexity index is 264. The Morgan fingerprint density at radius 1 is 1.53 bits per heavy atom. The lowest BCUT2D eigenvalue weighted by Gasteiger charge is -2.18. The molecule has 0 aliphatic carbocycles. The number of thiazole rings is 1. The molecular formula is C9H18ClN3OS. The Kier molecular flexibility index (Phi) is 7.90. The Hall–Kier alpha value is -0.200. The number of rotatable bonds is 6. The van der Waals surface area contributed by atoms with Crippen molar-refractivity contribution in [2.45, 2.75) is 13.5 Å². The molecule has 1 heterocycles. The van der Waals surface area contributed by atoms with Crippen LogP contribution in [0.15, 0.2) is 5.38 Å². The molecule has 0 saturated carbocycles. The highest BCUT2D eigenvalue weighted by atomic mass is 35.5. The number of aromatic nitrogens is 1. The quantitative estimate of drug-likeness (QED) is 0.779. The third kappa shape index (κ3) is 5.44. The maximum absolute atomic E-state index is 8.85. The van der Waals surface area contributed by atoms with Crippen LogP contribution in [0.4, 0.5) is 0 Å². The van der Waals surface area contributed by atoms with Gasteiger partial charge in [-0.1, -0.05) is 0 Å². The van der Waals surface area contributed by atoms with Gasteiger partial charge < -0.3 is 10.8 Å². The lowest BCUT2D eigenvalue weighted by molar-refractivity contribution is 0.192. The summed E-state index contributed by atoms with van der Waals surface area (Å²) in [7, 11) is 0. The number of nitrogens with zero attached hydrogens (tertiary/aromatic N) is 2. The van der Waals surface area contributed by atoms with E-state index < -0.39 is 0 Å². The molecule has 0 aromatic carbocycles. The van der Waals surface area contributed by atoms with Crippen molar-refractivity contribution in [2.75, 3.05) is 26.2 Å². The minimum Gasteiger partial charge on any atom is -0.395 e. The van der Waals surface area contributed by atoms with Gasteiger partial charge in [0.15, 0.2) is 0 Å². The Morgan fingerprint density at radius 2 is 2.27 bits per heavy atom. The summed E-state index contributed by atoms with van der Waals surface area (Å²) in [6.07, 6.45) is 0. The van der Waals surface area contributed by atoms with Crippen molar-refractivity contribution in [1.29, 1.82) is 0 Å². The second kappa shape index (κ2) is 8.01. The summed E-state index contributed by atoms with van der Waals surface area (Å²) in [5, 5.41) is 12.0. The van der Waals surface area contributed by atoms with Crippen LogP contribution in [0.2, 0.25) is 0 Å². The maximum atomic E-state index is 8.85. The van der Waals surface area contributed by atoms with E-state index in [2.05, 4.69) is 15.3 Å². The highest BCUT2D eigenvalue weighted by molar-refractivity contribution is 7.09. The van der Waals surface area contributed by atoms with Gasteiger partial charge in [-0.2, -0.15) is 0 Å². The van der Waals surface area contributed by atoms with Crippen LogP contribution >= 0.6 is 23.7 Å². The molecule has 0 unspecified atom stereocenters. The van der Waals surface area contributed by atoms with Crippen molar-refractivity contribution < 1.29 is 5.11 Å². The van der Waals surface area contributed by atoms with E-state index in [9.17, 15) is 0 Å². The number of hydrogen-bond donors (Lipinski definition) is 2. The van der Waals surface area contributed by atoms with E-state index in [4.69, 9.17) is 10.8 Å². The topological polar surface area (TPSA) is 62.4 Å². The molecule has 0 atom stereocenters. The zero-order valence-electron chi connectivity index (χ0n) is 8.85. The van der Waals surface area contributed by atoms with Crippen molar-refractivity contribution in [3.63, 3.8) is 0 Å². The minimum absolute atomic E-state index is 0. The van der Waals surface area contributed by atoms with Gasteiger partial charge >= 0.3 is 0 Å². The number of hydrogen-bond acceptors (Lipinski definition) is 5. The number of aliphatic hydroxyl groups excluding tert-OH is 1. The molecule has 0 aliphatic rings. The molecule has 6 heteroatoms. The van der Waals surface area contributed by atoms with Gasteiger partial charge in [0.1, 0.15) is 0 Å². The second-order valence-electron chi connectivity index (χ2n) is 3.15. The van der Waals surface area contributed by atoms with Crippen LogP contribution in [0.3, 0.4) is 0 Å². The lowest BCUT2D eigenvalue weighted by atomic mass is 10.4. The van der Waals surface area contributed by atoms with Crippen LogP contribution in [0.25, 0.3) is 0 Å². The van der Waals surface area contributed by atoms with Gasteiger partial charge in [-0.3, -0.25) is 4.90 Å². The van der Waals surface area contributed by atoms with Crippen molar-refractivity contribution >= 4 is 23.7 Å². The normalized spacial score (nSPS) is 10.4. The van der Waals surface area contributed by atoms with E-state index >= 15 is 0 Å². The molecule has 4 nitrogen and oxygen atoms in total. The zero-order chi connectivity index (χ0) is 10.4. The second-order valence-corrected chi connectivity index (χ2v) is 4.21. The first-order chi connectivity index (χ1) is 6.76. The molecule has 0 radical (unpaired) electrons. The first-order valence-corrected chi connectivity index (χ1v) is 5.58. The summed E-state index contributed by atoms with van der Waals surface area (Å²) in [4.78, 5) is 6.48. The summed E-state index contributed by atoms with van der Waals surface area (Å²) >= 11 is 1.65. The van der Waals surface area contributed by atoms with Gasteiger partial charge in [0.25, 0.3) is 0 Å². The fourth-order valence-electron chi connectivity index (χ4n) is 1.30. The first kappa shape index (κ1) is 14.8. The third-order valence-electron chi connectivity index (χ3n) is 1.91. The lowest BCUT2D eigenvalue weighted by Crippen LogP contribution is -2.31. The molecular weight excluding hydrogens is 234 g/mol. The molecule has 0 fully saturated rings. The number of aryl methyl sites for hydroxylation is 1. The molecule has 0 saturated heterocycles. The number of halogens is 1. The molecule has 0 amide bonds.